The third-order valence-corrected chi connectivity index (χ3v) is 5.42. The van der Waals surface area contributed by atoms with Crippen LogP contribution in [0.2, 0.25) is 0 Å². The van der Waals surface area contributed by atoms with Crippen molar-refractivity contribution in [3.8, 4) is 0 Å². The maximum Gasteiger partial charge on any atom is 0.329 e. The average Bonchev–Trinajstić information content (AvgIpc) is 2.97. The number of nitrogens with zero attached hydrogens (tertiary/aromatic N) is 1. The number of amides is 3. The number of esters is 1. The van der Waals surface area contributed by atoms with E-state index in [1.165, 1.54) is 32.9 Å². The Hall–Kier alpha value is -3.29. The predicted molar refractivity (Wildman–Crippen MR) is 107 cm³/mol. The van der Waals surface area contributed by atoms with E-state index in [9.17, 15) is 24.0 Å². The molecule has 8 nitrogen and oxygen atoms in total. The summed E-state index contributed by atoms with van der Waals surface area (Å²) in [5.74, 6) is -3.07. The summed E-state index contributed by atoms with van der Waals surface area (Å²) in [4.78, 5) is 62.4. The fraction of sp³-hybridized carbons (Fsp3) is 0.409. The van der Waals surface area contributed by atoms with Gasteiger partial charge in [0, 0.05) is 18.2 Å². The molecule has 2 aliphatic rings. The SMILES string of the molecule is CC(=O)Nc1ccc(C(=O)[C@H](C)OC(=O)[C@H](C)N2C(=O)[C@H]3CC=CC[C@@H]3C2=O)cc1. The Labute approximate surface area is 174 Å². The summed E-state index contributed by atoms with van der Waals surface area (Å²) in [5, 5.41) is 2.60. The number of hydrogen-bond donors (Lipinski definition) is 1. The number of rotatable bonds is 6. The van der Waals surface area contributed by atoms with Crippen molar-refractivity contribution >= 4 is 35.2 Å². The van der Waals surface area contributed by atoms with E-state index < -0.39 is 35.7 Å². The van der Waals surface area contributed by atoms with Gasteiger partial charge in [0.05, 0.1) is 11.8 Å². The van der Waals surface area contributed by atoms with Crippen molar-refractivity contribution in [2.45, 2.75) is 45.8 Å². The Kier molecular flexibility index (Phi) is 6.14. The first kappa shape index (κ1) is 21.4. The minimum absolute atomic E-state index is 0.230. The molecule has 1 aliphatic heterocycles. The molecule has 30 heavy (non-hydrogen) atoms. The molecule has 1 aromatic carbocycles. The van der Waals surface area contributed by atoms with E-state index >= 15 is 0 Å². The second kappa shape index (κ2) is 8.61. The molecule has 1 saturated heterocycles. The highest BCUT2D eigenvalue weighted by atomic mass is 16.5. The second-order valence-corrected chi connectivity index (χ2v) is 7.58. The number of carbonyl (C=O) groups is 5. The van der Waals surface area contributed by atoms with E-state index in [0.717, 1.165) is 4.90 Å². The fourth-order valence-corrected chi connectivity index (χ4v) is 3.80. The Balaban J connectivity index is 1.63. The summed E-state index contributed by atoms with van der Waals surface area (Å²) in [6.45, 7) is 4.25. The Morgan fingerprint density at radius 1 is 1.00 bits per heavy atom. The number of carbonyl (C=O) groups excluding carboxylic acids is 5. The second-order valence-electron chi connectivity index (χ2n) is 7.58. The van der Waals surface area contributed by atoms with Crippen LogP contribution in [0.15, 0.2) is 36.4 Å². The summed E-state index contributed by atoms with van der Waals surface area (Å²) < 4.78 is 5.27. The number of hydrogen-bond acceptors (Lipinski definition) is 6. The molecule has 1 N–H and O–H groups in total. The number of benzene rings is 1. The molecule has 4 atom stereocenters. The normalized spacial score (nSPS) is 22.3. The molecular weight excluding hydrogens is 388 g/mol. The molecular formula is C22H24N2O6. The van der Waals surface area contributed by atoms with E-state index in [2.05, 4.69) is 5.32 Å². The summed E-state index contributed by atoms with van der Waals surface area (Å²) >= 11 is 0. The van der Waals surface area contributed by atoms with Crippen LogP contribution in [0.1, 0.15) is 44.0 Å². The monoisotopic (exact) mass is 412 g/mol. The van der Waals surface area contributed by atoms with Crippen LogP contribution in [0.5, 0.6) is 0 Å². The standard InChI is InChI=1S/C22H24N2O6/c1-12(24-20(27)17-6-4-5-7-18(17)21(24)28)22(29)30-13(2)19(26)15-8-10-16(11-9-15)23-14(3)25/h4-5,8-13,17-18H,6-7H2,1-3H3,(H,23,25)/t12-,13-,17-,18-/m0/s1. The molecule has 1 aliphatic carbocycles. The van der Waals surface area contributed by atoms with Crippen molar-refractivity contribution < 1.29 is 28.7 Å². The summed E-state index contributed by atoms with van der Waals surface area (Å²) in [6, 6.07) is 5.08. The molecule has 3 rings (SSSR count). The first-order chi connectivity index (χ1) is 14.2. The molecule has 0 bridgehead atoms. The van der Waals surface area contributed by atoms with Gasteiger partial charge in [-0.2, -0.15) is 0 Å². The van der Waals surface area contributed by atoms with Gasteiger partial charge in [-0.3, -0.25) is 24.1 Å². The maximum atomic E-state index is 12.6. The molecule has 0 radical (unpaired) electrons. The number of ether oxygens (including phenoxy) is 1. The number of fused-ring (bicyclic) bond motifs is 1. The fourth-order valence-electron chi connectivity index (χ4n) is 3.80. The van der Waals surface area contributed by atoms with Crippen molar-refractivity contribution in [2.24, 2.45) is 11.8 Å². The quantitative estimate of drug-likeness (QED) is 0.332. The highest BCUT2D eigenvalue weighted by Crippen LogP contribution is 2.36. The molecule has 0 unspecified atom stereocenters. The molecule has 158 valence electrons. The van der Waals surface area contributed by atoms with Crippen LogP contribution in [0.3, 0.4) is 0 Å². The average molecular weight is 412 g/mol. The van der Waals surface area contributed by atoms with Gasteiger partial charge in [-0.15, -0.1) is 0 Å². The van der Waals surface area contributed by atoms with Crippen molar-refractivity contribution in [3.05, 3.63) is 42.0 Å². The largest absolute Gasteiger partial charge is 0.453 e. The van der Waals surface area contributed by atoms with Crippen LogP contribution < -0.4 is 5.32 Å². The predicted octanol–water partition coefficient (Wildman–Crippen LogP) is 2.10. The van der Waals surface area contributed by atoms with E-state index in [4.69, 9.17) is 4.74 Å². The minimum atomic E-state index is -1.10. The highest BCUT2D eigenvalue weighted by molar-refractivity contribution is 6.08. The molecule has 1 aromatic rings. The van der Waals surface area contributed by atoms with E-state index in [0.29, 0.717) is 24.1 Å². The number of Topliss-reactive ketones (excluding diaryl/α,β-unsaturated/α-hetero) is 1. The lowest BCUT2D eigenvalue weighted by atomic mass is 9.85. The number of allylic oxidation sites excluding steroid dienone is 2. The number of anilines is 1. The van der Waals surface area contributed by atoms with Gasteiger partial charge in [0.25, 0.3) is 0 Å². The smallest absolute Gasteiger partial charge is 0.329 e. The van der Waals surface area contributed by atoms with Gasteiger partial charge in [0.15, 0.2) is 6.10 Å². The lowest BCUT2D eigenvalue weighted by Crippen LogP contribution is -2.45. The van der Waals surface area contributed by atoms with E-state index in [1.54, 1.807) is 12.1 Å². The number of ketones is 1. The van der Waals surface area contributed by atoms with E-state index in [1.807, 2.05) is 12.2 Å². The van der Waals surface area contributed by atoms with Gasteiger partial charge < -0.3 is 10.1 Å². The maximum absolute atomic E-state index is 12.6. The molecule has 8 heteroatoms. The highest BCUT2D eigenvalue weighted by Gasteiger charge is 2.50. The number of nitrogens with one attached hydrogen (secondary N) is 1. The van der Waals surface area contributed by atoms with Crippen LogP contribution in [0, 0.1) is 11.8 Å². The molecule has 1 heterocycles. The van der Waals surface area contributed by atoms with Crippen LogP contribution >= 0.6 is 0 Å². The van der Waals surface area contributed by atoms with Crippen LogP contribution in [0.4, 0.5) is 5.69 Å². The van der Waals surface area contributed by atoms with Crippen molar-refractivity contribution in [3.63, 3.8) is 0 Å². The zero-order chi connectivity index (χ0) is 22.0. The summed E-state index contributed by atoms with van der Waals surface area (Å²) in [7, 11) is 0. The first-order valence-electron chi connectivity index (χ1n) is 9.85. The van der Waals surface area contributed by atoms with Gasteiger partial charge in [0.2, 0.25) is 23.5 Å². The van der Waals surface area contributed by atoms with E-state index in [-0.39, 0.29) is 17.7 Å². The van der Waals surface area contributed by atoms with Gasteiger partial charge in [0.1, 0.15) is 6.04 Å². The van der Waals surface area contributed by atoms with Crippen LogP contribution in [-0.4, -0.2) is 46.5 Å². The van der Waals surface area contributed by atoms with Gasteiger partial charge in [-0.1, -0.05) is 12.2 Å². The Bertz CT molecular complexity index is 894. The zero-order valence-corrected chi connectivity index (χ0v) is 17.1. The lowest BCUT2D eigenvalue weighted by Gasteiger charge is -2.23. The first-order valence-corrected chi connectivity index (χ1v) is 9.85. The topological polar surface area (TPSA) is 110 Å². The number of likely N-dealkylation sites (tertiary alicyclic amines) is 1. The molecule has 3 amide bonds. The van der Waals surface area contributed by atoms with Crippen molar-refractivity contribution in [1.82, 2.24) is 4.90 Å². The minimum Gasteiger partial charge on any atom is -0.453 e. The Morgan fingerprint density at radius 3 is 2.03 bits per heavy atom. The van der Waals surface area contributed by atoms with Gasteiger partial charge in [-0.25, -0.2) is 4.79 Å². The molecule has 1 fully saturated rings. The van der Waals surface area contributed by atoms with Crippen LogP contribution in [0.25, 0.3) is 0 Å². The van der Waals surface area contributed by atoms with Gasteiger partial charge >= 0.3 is 5.97 Å². The summed E-state index contributed by atoms with van der Waals surface area (Å²) in [6.07, 6.45) is 3.62. The molecule has 0 aromatic heterocycles. The van der Waals surface area contributed by atoms with Gasteiger partial charge in [-0.05, 0) is 51.0 Å². The van der Waals surface area contributed by atoms with Crippen LogP contribution in [-0.2, 0) is 23.9 Å². The number of imide groups is 1. The molecule has 0 spiro atoms. The third-order valence-electron chi connectivity index (χ3n) is 5.42. The third kappa shape index (κ3) is 4.17. The Morgan fingerprint density at radius 2 is 1.53 bits per heavy atom. The summed E-state index contributed by atoms with van der Waals surface area (Å²) in [5.41, 5.74) is 0.849. The van der Waals surface area contributed by atoms with Crippen molar-refractivity contribution in [1.29, 1.82) is 0 Å². The molecule has 0 saturated carbocycles. The van der Waals surface area contributed by atoms with Crippen molar-refractivity contribution in [2.75, 3.05) is 5.32 Å². The lowest BCUT2D eigenvalue weighted by molar-refractivity contribution is -0.159. The zero-order valence-electron chi connectivity index (χ0n) is 17.1.